The molecule has 142 valence electrons. The van der Waals surface area contributed by atoms with Crippen molar-refractivity contribution in [3.8, 4) is 0 Å². The first-order valence-electron chi connectivity index (χ1n) is 9.52. The standard InChI is InChI=1S/C18H33N3O.2ClH/c22-18(7-6-16-8-9-19-14-16)21-12-10-20(11-13-21)15-17-4-2-1-3-5-17;;/h16-17,19H,1-15H2;2*1H. The average Bonchev–Trinajstić information content (AvgIpc) is 3.08. The van der Waals surface area contributed by atoms with Crippen LogP contribution in [0.25, 0.3) is 0 Å². The molecule has 2 aliphatic heterocycles. The smallest absolute Gasteiger partial charge is 0.222 e. The van der Waals surface area contributed by atoms with Crippen molar-refractivity contribution in [2.24, 2.45) is 11.8 Å². The van der Waals surface area contributed by atoms with Crippen molar-refractivity contribution in [3.05, 3.63) is 0 Å². The Morgan fingerprint density at radius 2 is 1.62 bits per heavy atom. The summed E-state index contributed by atoms with van der Waals surface area (Å²) in [7, 11) is 0. The van der Waals surface area contributed by atoms with Gasteiger partial charge in [-0.25, -0.2) is 0 Å². The molecular weight excluding hydrogens is 345 g/mol. The summed E-state index contributed by atoms with van der Waals surface area (Å²) in [5.74, 6) is 2.05. The summed E-state index contributed by atoms with van der Waals surface area (Å²) < 4.78 is 0. The fourth-order valence-electron chi connectivity index (χ4n) is 4.36. The average molecular weight is 380 g/mol. The van der Waals surface area contributed by atoms with Gasteiger partial charge < -0.3 is 10.2 Å². The molecule has 0 aromatic heterocycles. The lowest BCUT2D eigenvalue weighted by molar-refractivity contribution is -0.133. The molecule has 0 bridgehead atoms. The summed E-state index contributed by atoms with van der Waals surface area (Å²) in [5, 5.41) is 3.39. The minimum atomic E-state index is 0. The van der Waals surface area contributed by atoms with Gasteiger partial charge in [-0.15, -0.1) is 24.8 Å². The SMILES string of the molecule is Cl.Cl.O=C(CCC1CCNC1)N1CCN(CC2CCCCC2)CC1. The Labute approximate surface area is 159 Å². The van der Waals surface area contributed by atoms with E-state index in [1.54, 1.807) is 0 Å². The number of hydrogen-bond acceptors (Lipinski definition) is 3. The minimum absolute atomic E-state index is 0. The largest absolute Gasteiger partial charge is 0.340 e. The van der Waals surface area contributed by atoms with Crippen molar-refractivity contribution >= 4 is 30.7 Å². The van der Waals surface area contributed by atoms with Gasteiger partial charge >= 0.3 is 0 Å². The number of hydrogen-bond donors (Lipinski definition) is 1. The van der Waals surface area contributed by atoms with E-state index in [2.05, 4.69) is 15.1 Å². The third-order valence-electron chi connectivity index (χ3n) is 5.89. The fraction of sp³-hybridized carbons (Fsp3) is 0.944. The molecule has 2 saturated heterocycles. The highest BCUT2D eigenvalue weighted by molar-refractivity contribution is 5.85. The predicted molar refractivity (Wildman–Crippen MR) is 104 cm³/mol. The summed E-state index contributed by atoms with van der Waals surface area (Å²) in [6, 6.07) is 0. The van der Waals surface area contributed by atoms with Gasteiger partial charge in [-0.3, -0.25) is 9.69 Å². The van der Waals surface area contributed by atoms with Crippen molar-refractivity contribution in [1.82, 2.24) is 15.1 Å². The van der Waals surface area contributed by atoms with E-state index < -0.39 is 0 Å². The number of nitrogens with one attached hydrogen (secondary N) is 1. The van der Waals surface area contributed by atoms with E-state index in [-0.39, 0.29) is 24.8 Å². The van der Waals surface area contributed by atoms with Crippen LogP contribution in [0.15, 0.2) is 0 Å². The van der Waals surface area contributed by atoms with E-state index in [1.165, 1.54) is 45.1 Å². The van der Waals surface area contributed by atoms with Gasteiger partial charge in [-0.2, -0.15) is 0 Å². The van der Waals surface area contributed by atoms with E-state index in [9.17, 15) is 4.79 Å². The van der Waals surface area contributed by atoms with Crippen LogP contribution in [0.5, 0.6) is 0 Å². The normalized spacial score (nSPS) is 25.8. The Balaban J connectivity index is 0.00000144. The highest BCUT2D eigenvalue weighted by atomic mass is 35.5. The zero-order valence-corrected chi connectivity index (χ0v) is 16.5. The molecule has 0 aromatic carbocycles. The van der Waals surface area contributed by atoms with Gasteiger partial charge in [0.05, 0.1) is 0 Å². The van der Waals surface area contributed by atoms with Crippen LogP contribution in [-0.4, -0.2) is 61.5 Å². The molecule has 1 N–H and O–H groups in total. The van der Waals surface area contributed by atoms with Crippen LogP contribution in [-0.2, 0) is 4.79 Å². The van der Waals surface area contributed by atoms with E-state index in [0.717, 1.165) is 63.9 Å². The number of rotatable bonds is 5. The third-order valence-corrected chi connectivity index (χ3v) is 5.89. The lowest BCUT2D eigenvalue weighted by Crippen LogP contribution is -2.49. The Morgan fingerprint density at radius 3 is 2.25 bits per heavy atom. The monoisotopic (exact) mass is 379 g/mol. The molecule has 1 atom stereocenters. The summed E-state index contributed by atoms with van der Waals surface area (Å²) in [6.45, 7) is 7.61. The van der Waals surface area contributed by atoms with Crippen LogP contribution in [0, 0.1) is 11.8 Å². The molecule has 1 unspecified atom stereocenters. The highest BCUT2D eigenvalue weighted by Crippen LogP contribution is 2.25. The summed E-state index contributed by atoms with van der Waals surface area (Å²) >= 11 is 0. The first kappa shape index (κ1) is 22.0. The van der Waals surface area contributed by atoms with Gasteiger partial charge in [0, 0.05) is 39.1 Å². The number of piperazine rings is 1. The predicted octanol–water partition coefficient (Wildman–Crippen LogP) is 2.94. The van der Waals surface area contributed by atoms with Crippen molar-refractivity contribution < 1.29 is 4.79 Å². The van der Waals surface area contributed by atoms with Crippen molar-refractivity contribution in [2.45, 2.75) is 51.4 Å². The van der Waals surface area contributed by atoms with Crippen molar-refractivity contribution in [2.75, 3.05) is 45.8 Å². The second-order valence-electron chi connectivity index (χ2n) is 7.58. The molecule has 1 aliphatic carbocycles. The van der Waals surface area contributed by atoms with Crippen LogP contribution in [0.3, 0.4) is 0 Å². The Bertz CT molecular complexity index is 350. The van der Waals surface area contributed by atoms with Crippen molar-refractivity contribution in [1.29, 1.82) is 0 Å². The van der Waals surface area contributed by atoms with Gasteiger partial charge in [-0.1, -0.05) is 19.3 Å². The van der Waals surface area contributed by atoms with Crippen LogP contribution in [0.1, 0.15) is 51.4 Å². The number of nitrogens with zero attached hydrogens (tertiary/aromatic N) is 2. The second-order valence-corrected chi connectivity index (χ2v) is 7.58. The zero-order valence-electron chi connectivity index (χ0n) is 14.9. The lowest BCUT2D eigenvalue weighted by atomic mass is 9.89. The number of carbonyl (C=O) groups excluding carboxylic acids is 1. The minimum Gasteiger partial charge on any atom is -0.340 e. The topological polar surface area (TPSA) is 35.6 Å². The molecule has 3 aliphatic rings. The zero-order chi connectivity index (χ0) is 15.2. The summed E-state index contributed by atoms with van der Waals surface area (Å²) in [4.78, 5) is 17.0. The number of carbonyl (C=O) groups is 1. The molecule has 3 rings (SSSR count). The van der Waals surface area contributed by atoms with Gasteiger partial charge in [-0.05, 0) is 50.6 Å². The summed E-state index contributed by atoms with van der Waals surface area (Å²) in [6.07, 6.45) is 10.2. The molecule has 1 amide bonds. The van der Waals surface area contributed by atoms with E-state index in [1.807, 2.05) is 0 Å². The molecule has 4 nitrogen and oxygen atoms in total. The maximum atomic E-state index is 12.3. The molecule has 24 heavy (non-hydrogen) atoms. The van der Waals surface area contributed by atoms with Gasteiger partial charge in [0.15, 0.2) is 0 Å². The molecule has 6 heteroatoms. The van der Waals surface area contributed by atoms with Gasteiger partial charge in [0.25, 0.3) is 0 Å². The quantitative estimate of drug-likeness (QED) is 0.797. The third kappa shape index (κ3) is 6.70. The molecule has 0 radical (unpaired) electrons. The Kier molecular flexibility index (Phi) is 10.6. The lowest BCUT2D eigenvalue weighted by Gasteiger charge is -2.37. The van der Waals surface area contributed by atoms with Crippen LogP contribution in [0.4, 0.5) is 0 Å². The molecule has 1 saturated carbocycles. The number of halogens is 2. The molecule has 3 fully saturated rings. The fourth-order valence-corrected chi connectivity index (χ4v) is 4.36. The first-order chi connectivity index (χ1) is 10.8. The van der Waals surface area contributed by atoms with Crippen molar-refractivity contribution in [3.63, 3.8) is 0 Å². The van der Waals surface area contributed by atoms with Crippen LogP contribution < -0.4 is 5.32 Å². The maximum Gasteiger partial charge on any atom is 0.222 e. The van der Waals surface area contributed by atoms with Crippen LogP contribution in [0.2, 0.25) is 0 Å². The maximum absolute atomic E-state index is 12.3. The van der Waals surface area contributed by atoms with E-state index >= 15 is 0 Å². The Hall–Kier alpha value is -0.0300. The summed E-state index contributed by atoms with van der Waals surface area (Å²) in [5.41, 5.74) is 0. The number of amides is 1. The molecule has 0 aromatic rings. The van der Waals surface area contributed by atoms with E-state index in [0.29, 0.717) is 5.91 Å². The van der Waals surface area contributed by atoms with Gasteiger partial charge in [0.2, 0.25) is 5.91 Å². The van der Waals surface area contributed by atoms with E-state index in [4.69, 9.17) is 0 Å². The highest BCUT2D eigenvalue weighted by Gasteiger charge is 2.24. The van der Waals surface area contributed by atoms with Crippen LogP contribution >= 0.6 is 24.8 Å². The van der Waals surface area contributed by atoms with Gasteiger partial charge in [0.1, 0.15) is 0 Å². The molecular formula is C18H35Cl2N3O. The Morgan fingerprint density at radius 1 is 0.917 bits per heavy atom. The second kappa shape index (κ2) is 11.6. The first-order valence-corrected chi connectivity index (χ1v) is 9.52. The molecule has 2 heterocycles. The molecule has 0 spiro atoms.